The molecule has 0 heterocycles. The van der Waals surface area contributed by atoms with Gasteiger partial charge >= 0.3 is 0 Å². The minimum atomic E-state index is 0.201. The molecule has 0 aliphatic carbocycles. The Bertz CT molecular complexity index is 623. The molecule has 0 saturated carbocycles. The predicted octanol–water partition coefficient (Wildman–Crippen LogP) is 5.47. The van der Waals surface area contributed by atoms with Crippen LogP contribution >= 0.6 is 15.9 Å². The van der Waals surface area contributed by atoms with Crippen LogP contribution in [0.1, 0.15) is 30.5 Å². The summed E-state index contributed by atoms with van der Waals surface area (Å²) in [6, 6.07) is 12.6. The molecule has 0 radical (unpaired) electrons. The molecule has 2 aromatic rings. The quantitative estimate of drug-likeness (QED) is 0.774. The van der Waals surface area contributed by atoms with Crippen LogP contribution in [0.2, 0.25) is 0 Å². The molecular weight excluding hydrogens is 326 g/mol. The zero-order valence-electron chi connectivity index (χ0n) is 13.0. The second-order valence-electron chi connectivity index (χ2n) is 5.59. The molecule has 0 aliphatic rings. The third-order valence-electron chi connectivity index (χ3n) is 3.25. The summed E-state index contributed by atoms with van der Waals surface area (Å²) in [6.45, 7) is 9.07. The van der Waals surface area contributed by atoms with Gasteiger partial charge in [-0.05, 0) is 68.7 Å². The number of benzene rings is 2. The average Bonchev–Trinajstić information content (AvgIpc) is 2.39. The molecule has 2 rings (SSSR count). The first kappa shape index (κ1) is 15.9. The summed E-state index contributed by atoms with van der Waals surface area (Å²) in [6.07, 6.45) is 0.201. The van der Waals surface area contributed by atoms with Crippen molar-refractivity contribution < 1.29 is 4.74 Å². The highest BCUT2D eigenvalue weighted by atomic mass is 79.9. The van der Waals surface area contributed by atoms with Gasteiger partial charge in [0.05, 0.1) is 6.10 Å². The molecule has 0 saturated heterocycles. The lowest BCUT2D eigenvalue weighted by molar-refractivity contribution is 0.242. The summed E-state index contributed by atoms with van der Waals surface area (Å²) in [5.74, 6) is 0.921. The Morgan fingerprint density at radius 3 is 2.48 bits per heavy atom. The summed E-state index contributed by atoms with van der Waals surface area (Å²) in [4.78, 5) is 0. The Hall–Kier alpha value is -1.48. The van der Waals surface area contributed by atoms with Crippen molar-refractivity contribution >= 4 is 21.6 Å². The van der Waals surface area contributed by atoms with E-state index in [4.69, 9.17) is 4.74 Å². The first-order chi connectivity index (χ1) is 9.95. The van der Waals surface area contributed by atoms with E-state index in [-0.39, 0.29) is 6.10 Å². The first-order valence-electron chi connectivity index (χ1n) is 7.22. The Morgan fingerprint density at radius 1 is 1.10 bits per heavy atom. The predicted molar refractivity (Wildman–Crippen MR) is 93.1 cm³/mol. The van der Waals surface area contributed by atoms with Crippen molar-refractivity contribution in [2.75, 3.05) is 5.32 Å². The first-order valence-corrected chi connectivity index (χ1v) is 8.01. The van der Waals surface area contributed by atoms with E-state index in [1.54, 1.807) is 0 Å². The lowest BCUT2D eigenvalue weighted by atomic mass is 10.1. The Kier molecular flexibility index (Phi) is 5.29. The van der Waals surface area contributed by atoms with Gasteiger partial charge in [-0.15, -0.1) is 0 Å². The second kappa shape index (κ2) is 6.99. The third kappa shape index (κ3) is 4.50. The normalized spacial score (nSPS) is 10.8. The highest BCUT2D eigenvalue weighted by molar-refractivity contribution is 9.10. The van der Waals surface area contributed by atoms with Crippen molar-refractivity contribution in [1.29, 1.82) is 0 Å². The van der Waals surface area contributed by atoms with Gasteiger partial charge < -0.3 is 10.1 Å². The maximum Gasteiger partial charge on any atom is 0.120 e. The van der Waals surface area contributed by atoms with Gasteiger partial charge in [-0.2, -0.15) is 0 Å². The number of aryl methyl sites for hydroxylation is 2. The molecule has 112 valence electrons. The molecule has 0 bridgehead atoms. The van der Waals surface area contributed by atoms with Gasteiger partial charge in [-0.25, -0.2) is 0 Å². The molecule has 0 fully saturated rings. The SMILES string of the molecule is Cc1ccc(CNc2ccc(OC(C)C)cc2C)c(Br)c1. The number of hydrogen-bond donors (Lipinski definition) is 1. The van der Waals surface area contributed by atoms with E-state index in [9.17, 15) is 0 Å². The van der Waals surface area contributed by atoms with E-state index >= 15 is 0 Å². The van der Waals surface area contributed by atoms with E-state index in [2.05, 4.69) is 65.4 Å². The van der Waals surface area contributed by atoms with Crippen LogP contribution in [0.4, 0.5) is 5.69 Å². The van der Waals surface area contributed by atoms with Crippen LogP contribution in [-0.2, 0) is 6.54 Å². The fraction of sp³-hybridized carbons (Fsp3) is 0.333. The van der Waals surface area contributed by atoms with Crippen molar-refractivity contribution in [2.45, 2.75) is 40.3 Å². The monoisotopic (exact) mass is 347 g/mol. The molecule has 0 aromatic heterocycles. The van der Waals surface area contributed by atoms with Crippen molar-refractivity contribution in [1.82, 2.24) is 0 Å². The fourth-order valence-electron chi connectivity index (χ4n) is 2.17. The fourth-order valence-corrected chi connectivity index (χ4v) is 2.80. The van der Waals surface area contributed by atoms with Gasteiger partial charge in [0, 0.05) is 16.7 Å². The van der Waals surface area contributed by atoms with Crippen LogP contribution in [0.5, 0.6) is 5.75 Å². The van der Waals surface area contributed by atoms with Gasteiger partial charge in [-0.1, -0.05) is 28.1 Å². The molecule has 0 aliphatic heterocycles. The smallest absolute Gasteiger partial charge is 0.120 e. The number of anilines is 1. The summed E-state index contributed by atoms with van der Waals surface area (Å²) < 4.78 is 6.86. The Labute approximate surface area is 135 Å². The summed E-state index contributed by atoms with van der Waals surface area (Å²) in [5, 5.41) is 3.48. The standard InChI is InChI=1S/C18H22BrNO/c1-12(2)21-16-7-8-18(14(4)10-16)20-11-15-6-5-13(3)9-17(15)19/h5-10,12,20H,11H2,1-4H3. The molecule has 3 heteroatoms. The second-order valence-corrected chi connectivity index (χ2v) is 6.45. The lowest BCUT2D eigenvalue weighted by Crippen LogP contribution is -2.06. The number of hydrogen-bond acceptors (Lipinski definition) is 2. The van der Waals surface area contributed by atoms with Crippen molar-refractivity contribution in [3.05, 3.63) is 57.6 Å². The van der Waals surface area contributed by atoms with Crippen LogP contribution in [0.3, 0.4) is 0 Å². The minimum Gasteiger partial charge on any atom is -0.491 e. The van der Waals surface area contributed by atoms with Crippen molar-refractivity contribution in [3.8, 4) is 5.75 Å². The maximum absolute atomic E-state index is 5.71. The average molecular weight is 348 g/mol. The number of halogens is 1. The Balaban J connectivity index is 2.06. The number of nitrogens with one attached hydrogen (secondary N) is 1. The molecule has 2 aromatic carbocycles. The summed E-state index contributed by atoms with van der Waals surface area (Å²) in [7, 11) is 0. The largest absolute Gasteiger partial charge is 0.491 e. The zero-order valence-corrected chi connectivity index (χ0v) is 14.6. The molecule has 0 spiro atoms. The van der Waals surface area contributed by atoms with E-state index in [0.717, 1.165) is 22.5 Å². The molecule has 2 nitrogen and oxygen atoms in total. The molecule has 0 amide bonds. The maximum atomic E-state index is 5.71. The minimum absolute atomic E-state index is 0.201. The van der Waals surface area contributed by atoms with Gasteiger partial charge in [0.15, 0.2) is 0 Å². The lowest BCUT2D eigenvalue weighted by Gasteiger charge is -2.14. The van der Waals surface area contributed by atoms with E-state index in [1.165, 1.54) is 16.7 Å². The van der Waals surface area contributed by atoms with Crippen molar-refractivity contribution in [2.24, 2.45) is 0 Å². The molecule has 0 atom stereocenters. The zero-order chi connectivity index (χ0) is 15.4. The van der Waals surface area contributed by atoms with E-state index < -0.39 is 0 Å². The van der Waals surface area contributed by atoms with Gasteiger partial charge in [0.2, 0.25) is 0 Å². The van der Waals surface area contributed by atoms with Crippen LogP contribution in [-0.4, -0.2) is 6.10 Å². The van der Waals surface area contributed by atoms with Crippen molar-refractivity contribution in [3.63, 3.8) is 0 Å². The van der Waals surface area contributed by atoms with Gasteiger partial charge in [-0.3, -0.25) is 0 Å². The van der Waals surface area contributed by atoms with Gasteiger partial charge in [0.25, 0.3) is 0 Å². The number of ether oxygens (including phenoxy) is 1. The highest BCUT2D eigenvalue weighted by Crippen LogP contribution is 2.24. The summed E-state index contributed by atoms with van der Waals surface area (Å²) >= 11 is 3.62. The molecule has 1 N–H and O–H groups in total. The number of rotatable bonds is 5. The van der Waals surface area contributed by atoms with Crippen LogP contribution in [0.15, 0.2) is 40.9 Å². The van der Waals surface area contributed by atoms with E-state index in [0.29, 0.717) is 0 Å². The topological polar surface area (TPSA) is 21.3 Å². The van der Waals surface area contributed by atoms with Crippen LogP contribution in [0, 0.1) is 13.8 Å². The highest BCUT2D eigenvalue weighted by Gasteiger charge is 2.04. The third-order valence-corrected chi connectivity index (χ3v) is 3.99. The van der Waals surface area contributed by atoms with Crippen LogP contribution < -0.4 is 10.1 Å². The molecule has 21 heavy (non-hydrogen) atoms. The summed E-state index contributed by atoms with van der Waals surface area (Å²) in [5.41, 5.74) is 4.84. The van der Waals surface area contributed by atoms with E-state index in [1.807, 2.05) is 19.9 Å². The molecular formula is C18H22BrNO. The van der Waals surface area contributed by atoms with Crippen LogP contribution in [0.25, 0.3) is 0 Å². The molecule has 0 unspecified atom stereocenters. The Morgan fingerprint density at radius 2 is 1.86 bits per heavy atom. The van der Waals surface area contributed by atoms with Gasteiger partial charge in [0.1, 0.15) is 5.75 Å².